The van der Waals surface area contributed by atoms with Crippen molar-refractivity contribution in [3.8, 4) is 39.1 Å². The van der Waals surface area contributed by atoms with Gasteiger partial charge in [-0.1, -0.05) is 249 Å². The maximum absolute atomic E-state index is 2.78. The second-order valence-corrected chi connectivity index (χ2v) is 22.6. The van der Waals surface area contributed by atoms with Crippen LogP contribution in [0.3, 0.4) is 0 Å². The van der Waals surface area contributed by atoms with Gasteiger partial charge in [0.25, 0.3) is 0 Å². The Labute approximate surface area is 428 Å². The van der Waals surface area contributed by atoms with Gasteiger partial charge >= 0.3 is 0 Å². The van der Waals surface area contributed by atoms with E-state index in [4.69, 9.17) is 0 Å². The van der Waals surface area contributed by atoms with E-state index in [-0.39, 0.29) is 0 Å². The summed E-state index contributed by atoms with van der Waals surface area (Å²) in [5.41, 5.74) is 13.7. The van der Waals surface area contributed by atoms with Crippen molar-refractivity contribution in [3.63, 3.8) is 0 Å². The van der Waals surface area contributed by atoms with Crippen LogP contribution in [0.2, 0.25) is 0 Å². The molecule has 0 N–H and O–H groups in total. The molecule has 0 aliphatic rings. The number of aromatic nitrogens is 1. The van der Waals surface area contributed by atoms with Crippen molar-refractivity contribution in [1.82, 2.24) is 4.57 Å². The molecule has 344 valence electrons. The van der Waals surface area contributed by atoms with Crippen molar-refractivity contribution in [1.29, 1.82) is 0 Å². The fourth-order valence-corrected chi connectivity index (χ4v) is 16.2. The third-order valence-electron chi connectivity index (χ3n) is 14.7. The SMILES string of the molecule is c1ccc(-c2cc(N(c3ccc([Si](c4ccccc4)(c4ccccc4)c4ccccc4)cc3)c3ccccc3-c3ccccc3)ccc2-c2ccccc2-n2c3ccccc3c3cc4ccccc4cc32)cc1. The minimum absolute atomic E-state index is 1.07. The zero-order chi connectivity index (χ0) is 48.6. The molecule has 3 heteroatoms. The lowest BCUT2D eigenvalue weighted by atomic mass is 9.92. The fraction of sp³-hybridized carbons (Fsp3) is 0. The summed E-state index contributed by atoms with van der Waals surface area (Å²) < 4.78 is 2.47. The summed E-state index contributed by atoms with van der Waals surface area (Å²) in [6.07, 6.45) is 0. The van der Waals surface area contributed by atoms with Crippen LogP contribution in [-0.4, -0.2) is 12.6 Å². The molecule has 0 atom stereocenters. The van der Waals surface area contributed by atoms with Crippen molar-refractivity contribution >= 4 is 78.5 Å². The minimum atomic E-state index is -2.78. The quantitative estimate of drug-likeness (QED) is 0.0926. The predicted molar refractivity (Wildman–Crippen MR) is 313 cm³/mol. The molecule has 0 amide bonds. The van der Waals surface area contributed by atoms with E-state index in [1.54, 1.807) is 0 Å². The van der Waals surface area contributed by atoms with Crippen LogP contribution in [0, 0.1) is 0 Å². The van der Waals surface area contributed by atoms with Gasteiger partial charge in [0.1, 0.15) is 0 Å². The highest BCUT2D eigenvalue weighted by atomic mass is 28.3. The first kappa shape index (κ1) is 43.7. The number of rotatable bonds is 11. The first-order valence-electron chi connectivity index (χ1n) is 25.2. The highest BCUT2D eigenvalue weighted by molar-refractivity contribution is 7.19. The highest BCUT2D eigenvalue weighted by Crippen LogP contribution is 2.46. The van der Waals surface area contributed by atoms with Gasteiger partial charge in [-0.15, -0.1) is 0 Å². The van der Waals surface area contributed by atoms with Gasteiger partial charge in [-0.3, -0.25) is 0 Å². The molecule has 0 aliphatic heterocycles. The second kappa shape index (κ2) is 18.8. The van der Waals surface area contributed by atoms with Gasteiger partial charge in [0.15, 0.2) is 8.07 Å². The van der Waals surface area contributed by atoms with Gasteiger partial charge in [-0.25, -0.2) is 0 Å². The third kappa shape index (κ3) is 7.66. The van der Waals surface area contributed by atoms with E-state index >= 15 is 0 Å². The standard InChI is InChI=1S/C70H50N2Si/c1-6-24-51(25-7-1)61-36-18-21-39-67(61)71(55-42-45-60(46-43-55)73(57-30-10-3-11-31-57,58-32-12-4-13-33-58)59-34-14-5-15-35-59)56-44-47-62(65(50-56)52-26-8-2-9-27-52)63-37-19-22-40-68(63)72-69-41-23-20-38-64(69)66-48-53-28-16-17-29-54(53)49-70(66)72/h1-50H. The van der Waals surface area contributed by atoms with Gasteiger partial charge in [0, 0.05) is 33.3 Å². The summed E-state index contributed by atoms with van der Waals surface area (Å²) in [5, 5.41) is 10.3. The molecular formula is C70H50N2Si. The molecule has 0 bridgehead atoms. The van der Waals surface area contributed by atoms with Crippen LogP contribution in [-0.2, 0) is 0 Å². The van der Waals surface area contributed by atoms with Gasteiger partial charge in [-0.05, 0) is 108 Å². The Bertz CT molecular complexity index is 3960. The molecule has 12 aromatic carbocycles. The Morgan fingerprint density at radius 1 is 0.274 bits per heavy atom. The fourth-order valence-electron chi connectivity index (χ4n) is 11.5. The zero-order valence-corrected chi connectivity index (χ0v) is 41.3. The smallest absolute Gasteiger partial charge is 0.179 e. The average Bonchev–Trinajstić information content (AvgIpc) is 3.79. The third-order valence-corrected chi connectivity index (χ3v) is 19.5. The Balaban J connectivity index is 1.03. The molecule has 73 heavy (non-hydrogen) atoms. The lowest BCUT2D eigenvalue weighted by Crippen LogP contribution is -2.74. The Morgan fingerprint density at radius 3 is 1.37 bits per heavy atom. The van der Waals surface area contributed by atoms with E-state index in [1.165, 1.54) is 53.3 Å². The predicted octanol–water partition coefficient (Wildman–Crippen LogP) is 15.8. The van der Waals surface area contributed by atoms with Crippen LogP contribution in [0.1, 0.15) is 0 Å². The van der Waals surface area contributed by atoms with Crippen LogP contribution in [0.15, 0.2) is 303 Å². The number of para-hydroxylation sites is 3. The molecule has 13 aromatic rings. The van der Waals surface area contributed by atoms with E-state index in [0.29, 0.717) is 0 Å². The lowest BCUT2D eigenvalue weighted by Gasteiger charge is -2.35. The van der Waals surface area contributed by atoms with Crippen LogP contribution >= 0.6 is 0 Å². The number of hydrogen-bond acceptors (Lipinski definition) is 1. The van der Waals surface area contributed by atoms with Gasteiger partial charge in [-0.2, -0.15) is 0 Å². The summed E-state index contributed by atoms with van der Waals surface area (Å²) in [5.74, 6) is 0. The van der Waals surface area contributed by atoms with Crippen molar-refractivity contribution in [3.05, 3.63) is 303 Å². The molecule has 0 aliphatic carbocycles. The van der Waals surface area contributed by atoms with E-state index < -0.39 is 8.07 Å². The number of benzene rings is 12. The summed E-state index contributed by atoms with van der Waals surface area (Å²) in [7, 11) is -2.78. The van der Waals surface area contributed by atoms with E-state index in [1.807, 2.05) is 0 Å². The first-order valence-corrected chi connectivity index (χ1v) is 27.2. The molecule has 13 rings (SSSR count). The molecule has 0 unspecified atom stereocenters. The highest BCUT2D eigenvalue weighted by Gasteiger charge is 2.41. The zero-order valence-electron chi connectivity index (χ0n) is 40.3. The van der Waals surface area contributed by atoms with E-state index in [0.717, 1.165) is 56.1 Å². The molecule has 0 saturated carbocycles. The van der Waals surface area contributed by atoms with Crippen molar-refractivity contribution < 1.29 is 0 Å². The van der Waals surface area contributed by atoms with Crippen LogP contribution in [0.25, 0.3) is 71.6 Å². The van der Waals surface area contributed by atoms with Crippen LogP contribution in [0.5, 0.6) is 0 Å². The average molecular weight is 947 g/mol. The molecule has 0 fully saturated rings. The van der Waals surface area contributed by atoms with Crippen molar-refractivity contribution in [2.75, 3.05) is 4.90 Å². The topological polar surface area (TPSA) is 8.17 Å². The maximum atomic E-state index is 2.47. The maximum Gasteiger partial charge on any atom is 0.179 e. The van der Waals surface area contributed by atoms with Crippen molar-refractivity contribution in [2.45, 2.75) is 0 Å². The molecule has 0 saturated heterocycles. The Hall–Kier alpha value is -9.28. The van der Waals surface area contributed by atoms with Gasteiger partial charge in [0.2, 0.25) is 0 Å². The number of nitrogens with zero attached hydrogens (tertiary/aromatic N) is 2. The monoisotopic (exact) mass is 946 g/mol. The summed E-state index contributed by atoms with van der Waals surface area (Å²) in [6, 6.07) is 112. The summed E-state index contributed by atoms with van der Waals surface area (Å²) >= 11 is 0. The Morgan fingerprint density at radius 2 is 0.740 bits per heavy atom. The molecule has 0 spiro atoms. The largest absolute Gasteiger partial charge is 0.310 e. The molecule has 0 radical (unpaired) electrons. The molecule has 1 heterocycles. The summed E-state index contributed by atoms with van der Waals surface area (Å²) in [6.45, 7) is 0. The van der Waals surface area contributed by atoms with Crippen molar-refractivity contribution in [2.24, 2.45) is 0 Å². The van der Waals surface area contributed by atoms with E-state index in [2.05, 4.69) is 313 Å². The van der Waals surface area contributed by atoms with E-state index in [9.17, 15) is 0 Å². The first-order chi connectivity index (χ1) is 36.2. The van der Waals surface area contributed by atoms with Gasteiger partial charge in [0.05, 0.1) is 22.4 Å². The second-order valence-electron chi connectivity index (χ2n) is 18.8. The molecule has 2 nitrogen and oxygen atoms in total. The number of hydrogen-bond donors (Lipinski definition) is 0. The van der Waals surface area contributed by atoms with Crippen LogP contribution in [0.4, 0.5) is 17.1 Å². The molecular weight excluding hydrogens is 897 g/mol. The number of anilines is 3. The number of fused-ring (bicyclic) bond motifs is 4. The summed E-state index contributed by atoms with van der Waals surface area (Å²) in [4.78, 5) is 2.46. The Kier molecular flexibility index (Phi) is 11.3. The normalized spacial score (nSPS) is 11.6. The molecule has 1 aromatic heterocycles. The lowest BCUT2D eigenvalue weighted by molar-refractivity contribution is 1.18. The minimum Gasteiger partial charge on any atom is -0.310 e. The van der Waals surface area contributed by atoms with Crippen LogP contribution < -0.4 is 25.6 Å². The van der Waals surface area contributed by atoms with Gasteiger partial charge < -0.3 is 9.47 Å².